The predicted molar refractivity (Wildman–Crippen MR) is 160 cm³/mol. The van der Waals surface area contributed by atoms with Crippen LogP contribution in [0.3, 0.4) is 0 Å². The molecule has 0 saturated carbocycles. The van der Waals surface area contributed by atoms with E-state index in [0.29, 0.717) is 79.2 Å². The Hall–Kier alpha value is -0.970. The zero-order valence-corrected chi connectivity index (χ0v) is 26.7. The minimum absolute atomic E-state index is 0.351. The number of ether oxygens (including phenoxy) is 7. The lowest BCUT2D eigenvalue weighted by molar-refractivity contribution is -0.0180. The van der Waals surface area contributed by atoms with Crippen molar-refractivity contribution in [2.24, 2.45) is 0 Å². The summed E-state index contributed by atoms with van der Waals surface area (Å²) in [7, 11) is 1.69. The minimum Gasteiger partial charge on any atom is -0.444 e. The van der Waals surface area contributed by atoms with Crippen LogP contribution in [0.15, 0.2) is 0 Å². The van der Waals surface area contributed by atoms with Crippen LogP contribution in [0.2, 0.25) is 0 Å². The van der Waals surface area contributed by atoms with Gasteiger partial charge in [0.2, 0.25) is 0 Å². The zero-order valence-electron chi connectivity index (χ0n) is 26.7. The molecule has 0 aromatic heterocycles. The highest BCUT2D eigenvalue weighted by Crippen LogP contribution is 2.11. The van der Waals surface area contributed by atoms with Crippen molar-refractivity contribution in [3.8, 4) is 0 Å². The summed E-state index contributed by atoms with van der Waals surface area (Å²) in [6.07, 6.45) is 14.5. The molecule has 0 aliphatic carbocycles. The second kappa shape index (κ2) is 29.5. The fraction of sp³-hybridized carbons (Fsp3) is 0.968. The first-order valence-corrected chi connectivity index (χ1v) is 15.8. The van der Waals surface area contributed by atoms with Crippen molar-refractivity contribution in [2.75, 3.05) is 92.9 Å². The highest BCUT2D eigenvalue weighted by atomic mass is 16.6. The van der Waals surface area contributed by atoms with Crippen molar-refractivity contribution in [1.82, 2.24) is 4.90 Å². The second-order valence-electron chi connectivity index (χ2n) is 11.1. The van der Waals surface area contributed by atoms with Gasteiger partial charge >= 0.3 is 6.09 Å². The third-order valence-electron chi connectivity index (χ3n) is 6.03. The highest BCUT2D eigenvalue weighted by molar-refractivity contribution is 5.67. The standard InChI is InChI=1S/C31H63NO8/c1-6-7-8-9-10-11-12-13-14-15-16-18-34-20-22-36-24-26-38-28-29-39-27-25-37-23-21-35-19-17-32(5)30(33)40-31(2,3)4/h6-29H2,1-5H3. The van der Waals surface area contributed by atoms with Gasteiger partial charge in [-0.1, -0.05) is 71.1 Å². The molecular weight excluding hydrogens is 514 g/mol. The third kappa shape index (κ3) is 31.6. The summed E-state index contributed by atoms with van der Waals surface area (Å²) in [5.41, 5.74) is -0.496. The largest absolute Gasteiger partial charge is 0.444 e. The number of carbonyl (C=O) groups is 1. The smallest absolute Gasteiger partial charge is 0.410 e. The van der Waals surface area contributed by atoms with Crippen LogP contribution in [0.4, 0.5) is 4.79 Å². The molecule has 0 bridgehead atoms. The van der Waals surface area contributed by atoms with Gasteiger partial charge in [-0.3, -0.25) is 0 Å². The zero-order chi connectivity index (χ0) is 29.6. The molecule has 240 valence electrons. The summed E-state index contributed by atoms with van der Waals surface area (Å²) in [4.78, 5) is 13.3. The van der Waals surface area contributed by atoms with E-state index in [1.807, 2.05) is 20.8 Å². The molecule has 40 heavy (non-hydrogen) atoms. The van der Waals surface area contributed by atoms with Gasteiger partial charge in [0, 0.05) is 20.2 Å². The molecule has 0 N–H and O–H groups in total. The molecule has 0 aromatic rings. The number of hydrogen-bond acceptors (Lipinski definition) is 8. The van der Waals surface area contributed by atoms with Crippen LogP contribution < -0.4 is 0 Å². The van der Waals surface area contributed by atoms with Gasteiger partial charge in [-0.15, -0.1) is 0 Å². The van der Waals surface area contributed by atoms with Crippen LogP contribution >= 0.6 is 0 Å². The third-order valence-corrected chi connectivity index (χ3v) is 6.03. The average Bonchev–Trinajstić information content (AvgIpc) is 2.91. The highest BCUT2D eigenvalue weighted by Gasteiger charge is 2.19. The quantitative estimate of drug-likeness (QED) is 0.0925. The summed E-state index contributed by atoms with van der Waals surface area (Å²) in [5, 5.41) is 0. The van der Waals surface area contributed by atoms with Gasteiger partial charge < -0.3 is 38.1 Å². The van der Waals surface area contributed by atoms with Gasteiger partial charge in [-0.2, -0.15) is 0 Å². The van der Waals surface area contributed by atoms with Crippen molar-refractivity contribution >= 4 is 6.09 Å². The first kappa shape index (κ1) is 39.0. The predicted octanol–water partition coefficient (Wildman–Crippen LogP) is 6.26. The molecule has 0 unspecified atom stereocenters. The van der Waals surface area contributed by atoms with E-state index in [1.165, 1.54) is 69.1 Å². The molecule has 0 rings (SSSR count). The lowest BCUT2D eigenvalue weighted by Crippen LogP contribution is -2.36. The number of likely N-dealkylation sites (N-methyl/N-ethyl adjacent to an activating group) is 1. The SMILES string of the molecule is CCCCCCCCCCCCCOCCOCCOCCOCCOCCOCCN(C)C(=O)OC(C)(C)C. The Bertz CT molecular complexity index is 530. The molecule has 0 spiro atoms. The van der Waals surface area contributed by atoms with Crippen LogP contribution in [0.25, 0.3) is 0 Å². The van der Waals surface area contributed by atoms with E-state index >= 15 is 0 Å². The van der Waals surface area contributed by atoms with Crippen molar-refractivity contribution in [3.05, 3.63) is 0 Å². The monoisotopic (exact) mass is 577 g/mol. The fourth-order valence-corrected chi connectivity index (χ4v) is 3.70. The maximum atomic E-state index is 11.8. The molecule has 0 saturated heterocycles. The molecule has 0 atom stereocenters. The number of amides is 1. The van der Waals surface area contributed by atoms with Gasteiger partial charge in [0.05, 0.1) is 72.7 Å². The van der Waals surface area contributed by atoms with E-state index in [1.54, 1.807) is 7.05 Å². The van der Waals surface area contributed by atoms with E-state index in [2.05, 4.69) is 6.92 Å². The fourth-order valence-electron chi connectivity index (χ4n) is 3.70. The summed E-state index contributed by atoms with van der Waals surface area (Å²) in [6, 6.07) is 0. The second-order valence-corrected chi connectivity index (χ2v) is 11.1. The Morgan fingerprint density at radius 1 is 0.500 bits per heavy atom. The Morgan fingerprint density at radius 3 is 1.20 bits per heavy atom. The van der Waals surface area contributed by atoms with Crippen LogP contribution in [0, 0.1) is 0 Å². The molecule has 9 nitrogen and oxygen atoms in total. The molecule has 0 aliphatic heterocycles. The van der Waals surface area contributed by atoms with Gasteiger partial charge in [0.25, 0.3) is 0 Å². The van der Waals surface area contributed by atoms with Crippen LogP contribution in [0.1, 0.15) is 98.3 Å². The lowest BCUT2D eigenvalue weighted by Gasteiger charge is -2.24. The van der Waals surface area contributed by atoms with Crippen molar-refractivity contribution in [2.45, 2.75) is 104 Å². The summed E-state index contributed by atoms with van der Waals surface area (Å²) < 4.78 is 38.4. The summed E-state index contributed by atoms with van der Waals surface area (Å²) in [5.74, 6) is 0. The van der Waals surface area contributed by atoms with E-state index in [4.69, 9.17) is 33.2 Å². The van der Waals surface area contributed by atoms with Crippen LogP contribution in [-0.4, -0.2) is 109 Å². The molecule has 0 aromatic carbocycles. The molecule has 0 radical (unpaired) electrons. The normalized spacial score (nSPS) is 11.7. The summed E-state index contributed by atoms with van der Waals surface area (Å²) >= 11 is 0. The minimum atomic E-state index is -0.496. The van der Waals surface area contributed by atoms with E-state index in [-0.39, 0.29) is 6.09 Å². The molecular formula is C31H63NO8. The Kier molecular flexibility index (Phi) is 28.8. The molecule has 1 amide bonds. The van der Waals surface area contributed by atoms with E-state index in [0.717, 1.165) is 13.0 Å². The maximum absolute atomic E-state index is 11.8. The van der Waals surface area contributed by atoms with Gasteiger partial charge in [-0.05, 0) is 27.2 Å². The van der Waals surface area contributed by atoms with Gasteiger partial charge in [0.1, 0.15) is 5.60 Å². The number of unbranched alkanes of at least 4 members (excludes halogenated alkanes) is 10. The van der Waals surface area contributed by atoms with Crippen molar-refractivity contribution in [3.63, 3.8) is 0 Å². The number of hydrogen-bond donors (Lipinski definition) is 0. The van der Waals surface area contributed by atoms with Crippen LogP contribution in [-0.2, 0) is 33.2 Å². The van der Waals surface area contributed by atoms with Crippen LogP contribution in [0.5, 0.6) is 0 Å². The average molecular weight is 578 g/mol. The van der Waals surface area contributed by atoms with Crippen molar-refractivity contribution in [1.29, 1.82) is 0 Å². The molecule has 0 aliphatic rings. The van der Waals surface area contributed by atoms with E-state index < -0.39 is 5.60 Å². The maximum Gasteiger partial charge on any atom is 0.410 e. The Balaban J connectivity index is 3.15. The van der Waals surface area contributed by atoms with Crippen molar-refractivity contribution < 1.29 is 38.0 Å². The topological polar surface area (TPSA) is 84.9 Å². The molecule has 0 fully saturated rings. The molecule has 0 heterocycles. The van der Waals surface area contributed by atoms with Gasteiger partial charge in [0.15, 0.2) is 0 Å². The number of rotatable bonds is 30. The Labute approximate surface area is 245 Å². The lowest BCUT2D eigenvalue weighted by atomic mass is 10.1. The number of carbonyl (C=O) groups excluding carboxylic acids is 1. The van der Waals surface area contributed by atoms with Gasteiger partial charge in [-0.25, -0.2) is 4.79 Å². The first-order chi connectivity index (χ1) is 19.4. The van der Waals surface area contributed by atoms with E-state index in [9.17, 15) is 4.79 Å². The summed E-state index contributed by atoms with van der Waals surface area (Å²) in [6.45, 7) is 14.9. The molecule has 9 heteroatoms. The number of nitrogens with zero attached hydrogens (tertiary/aromatic N) is 1. The Morgan fingerprint density at radius 2 is 0.825 bits per heavy atom. The first-order valence-electron chi connectivity index (χ1n) is 15.8.